The number of thioether (sulfide) groups is 1. The summed E-state index contributed by atoms with van der Waals surface area (Å²) in [6.45, 7) is 0. The molecule has 0 saturated heterocycles. The fourth-order valence-electron chi connectivity index (χ4n) is 4.67. The molecule has 0 bridgehead atoms. The van der Waals surface area contributed by atoms with Gasteiger partial charge < -0.3 is 10.1 Å². The number of rotatable bonds is 3. The number of ether oxygens (including phenoxy) is 1. The van der Waals surface area contributed by atoms with Gasteiger partial charge in [0.15, 0.2) is 5.17 Å². The number of amides is 1. The molecule has 2 atom stereocenters. The Morgan fingerprint density at radius 3 is 2.82 bits per heavy atom. The lowest BCUT2D eigenvalue weighted by molar-refractivity contribution is 0.0977. The predicted octanol–water partition coefficient (Wildman–Crippen LogP) is 5.03. The third kappa shape index (κ3) is 4.00. The zero-order chi connectivity index (χ0) is 23.0. The summed E-state index contributed by atoms with van der Waals surface area (Å²) < 4.78 is 20.8. The minimum absolute atomic E-state index is 0.0233. The van der Waals surface area contributed by atoms with Crippen LogP contribution in [-0.2, 0) is 18.4 Å². The van der Waals surface area contributed by atoms with Crippen LogP contribution in [0.2, 0.25) is 5.02 Å². The Morgan fingerprint density at radius 2 is 2.06 bits per heavy atom. The number of aromatic nitrogens is 1. The van der Waals surface area contributed by atoms with Gasteiger partial charge in [0.1, 0.15) is 5.82 Å². The van der Waals surface area contributed by atoms with Crippen molar-refractivity contribution in [3.05, 3.63) is 93.9 Å². The summed E-state index contributed by atoms with van der Waals surface area (Å²) in [5.74, 6) is 0.559. The molecule has 0 spiro atoms. The van der Waals surface area contributed by atoms with Crippen LogP contribution in [0.3, 0.4) is 0 Å². The molecule has 5 rings (SSSR count). The van der Waals surface area contributed by atoms with Gasteiger partial charge in [-0.3, -0.25) is 4.79 Å². The van der Waals surface area contributed by atoms with Crippen LogP contribution in [0.4, 0.5) is 4.39 Å². The maximum atomic E-state index is 15.3. The van der Waals surface area contributed by atoms with E-state index in [1.807, 2.05) is 24.3 Å². The van der Waals surface area contributed by atoms with E-state index in [0.717, 1.165) is 11.1 Å². The number of fused-ring (bicyclic) bond motifs is 2. The maximum absolute atomic E-state index is 15.3. The predicted molar refractivity (Wildman–Crippen MR) is 129 cm³/mol. The molecular weight excluding hydrogens is 461 g/mol. The Labute approximate surface area is 200 Å². The highest BCUT2D eigenvalue weighted by atomic mass is 35.5. The highest BCUT2D eigenvalue weighted by Gasteiger charge is 2.49. The van der Waals surface area contributed by atoms with Crippen LogP contribution in [0, 0.1) is 11.7 Å². The van der Waals surface area contributed by atoms with Crippen molar-refractivity contribution in [2.75, 3.05) is 12.9 Å². The molecule has 1 aromatic heterocycles. The van der Waals surface area contributed by atoms with Gasteiger partial charge in [-0.2, -0.15) is 0 Å². The molecule has 2 heterocycles. The number of methoxy groups -OCH3 is 1. The first-order chi connectivity index (χ1) is 16.0. The topological polar surface area (TPSA) is 63.6 Å². The second kappa shape index (κ2) is 8.80. The van der Waals surface area contributed by atoms with Gasteiger partial charge >= 0.3 is 0 Å². The molecule has 1 N–H and O–H groups in total. The summed E-state index contributed by atoms with van der Waals surface area (Å²) in [5.41, 5.74) is 2.12. The minimum Gasteiger partial charge on any atom is -0.481 e. The van der Waals surface area contributed by atoms with Crippen molar-refractivity contribution in [1.29, 1.82) is 0 Å². The Kier molecular flexibility index (Phi) is 5.85. The van der Waals surface area contributed by atoms with Gasteiger partial charge in [-0.05, 0) is 42.3 Å². The first-order valence-corrected chi connectivity index (χ1v) is 11.9. The SMILES string of the molecule is COc1nccc2c1C[C@]1(c3ccc(Cl)cc3F)N=C(NC(=O)c3ccccc3)SC[C@@H]1C2. The van der Waals surface area contributed by atoms with E-state index in [9.17, 15) is 4.79 Å². The molecule has 2 aromatic carbocycles. The van der Waals surface area contributed by atoms with E-state index < -0.39 is 11.4 Å². The van der Waals surface area contributed by atoms with Crippen molar-refractivity contribution in [3.63, 3.8) is 0 Å². The van der Waals surface area contributed by atoms with Crippen molar-refractivity contribution < 1.29 is 13.9 Å². The standard InChI is InChI=1S/C25H21ClFN3O2S/c1-32-23-19-13-25(20-8-7-18(26)12-21(20)27)17(11-16(19)9-10-28-23)14-33-24(30-25)29-22(31)15-5-3-2-4-6-15/h2-10,12,17H,11,13-14H2,1H3,(H,29,30,31)/t17-,25-/m0/s1. The van der Waals surface area contributed by atoms with E-state index in [-0.39, 0.29) is 11.8 Å². The molecule has 3 aromatic rings. The molecule has 0 radical (unpaired) electrons. The van der Waals surface area contributed by atoms with E-state index >= 15 is 4.39 Å². The fourth-order valence-corrected chi connectivity index (χ4v) is 5.98. The van der Waals surface area contributed by atoms with Crippen molar-refractivity contribution in [2.45, 2.75) is 18.4 Å². The number of amidine groups is 1. The van der Waals surface area contributed by atoms with Crippen molar-refractivity contribution in [2.24, 2.45) is 10.9 Å². The van der Waals surface area contributed by atoms with Crippen LogP contribution in [0.25, 0.3) is 0 Å². The summed E-state index contributed by atoms with van der Waals surface area (Å²) in [7, 11) is 1.58. The van der Waals surface area contributed by atoms with Gasteiger partial charge in [-0.15, -0.1) is 0 Å². The largest absolute Gasteiger partial charge is 0.481 e. The average molecular weight is 482 g/mol. The summed E-state index contributed by atoms with van der Waals surface area (Å²) in [5, 5.41) is 3.72. The molecule has 0 saturated carbocycles. The van der Waals surface area contributed by atoms with E-state index in [1.165, 1.54) is 17.8 Å². The molecule has 168 valence electrons. The molecule has 0 unspecified atom stereocenters. The third-order valence-electron chi connectivity index (χ3n) is 6.27. The molecule has 0 fully saturated rings. The van der Waals surface area contributed by atoms with Crippen molar-refractivity contribution in [3.8, 4) is 5.88 Å². The monoisotopic (exact) mass is 481 g/mol. The molecule has 1 aliphatic carbocycles. The number of hydrogen-bond acceptors (Lipinski definition) is 5. The number of carbonyl (C=O) groups is 1. The van der Waals surface area contributed by atoms with Crippen LogP contribution in [0.15, 0.2) is 65.8 Å². The summed E-state index contributed by atoms with van der Waals surface area (Å²) in [4.78, 5) is 22.2. The van der Waals surface area contributed by atoms with Crippen LogP contribution < -0.4 is 10.1 Å². The number of benzene rings is 2. The van der Waals surface area contributed by atoms with Gasteiger partial charge in [0.2, 0.25) is 5.88 Å². The molecule has 8 heteroatoms. The Bertz CT molecular complexity index is 1250. The number of aliphatic imine (C=N–C) groups is 1. The Hall–Kier alpha value is -2.90. The smallest absolute Gasteiger partial charge is 0.257 e. The number of nitrogens with one attached hydrogen (secondary N) is 1. The zero-order valence-electron chi connectivity index (χ0n) is 17.8. The van der Waals surface area contributed by atoms with E-state index in [1.54, 1.807) is 37.6 Å². The van der Waals surface area contributed by atoms with E-state index in [4.69, 9.17) is 21.3 Å². The summed E-state index contributed by atoms with van der Waals surface area (Å²) in [6.07, 6.45) is 2.85. The lowest BCUT2D eigenvalue weighted by Gasteiger charge is -2.45. The average Bonchev–Trinajstić information content (AvgIpc) is 2.82. The molecule has 2 aliphatic rings. The van der Waals surface area contributed by atoms with Crippen LogP contribution in [-0.4, -0.2) is 28.9 Å². The maximum Gasteiger partial charge on any atom is 0.257 e. The Morgan fingerprint density at radius 1 is 1.24 bits per heavy atom. The van der Waals surface area contributed by atoms with Gasteiger partial charge in [0.25, 0.3) is 5.91 Å². The summed E-state index contributed by atoms with van der Waals surface area (Å²) in [6, 6.07) is 15.6. The molecule has 5 nitrogen and oxygen atoms in total. The Balaban J connectivity index is 1.62. The number of nitrogens with zero attached hydrogens (tertiary/aromatic N) is 2. The fraction of sp³-hybridized carbons (Fsp3) is 0.240. The van der Waals surface area contributed by atoms with Crippen molar-refractivity contribution in [1.82, 2.24) is 10.3 Å². The first-order valence-electron chi connectivity index (χ1n) is 10.6. The normalized spacial score (nSPS) is 21.4. The molecule has 33 heavy (non-hydrogen) atoms. The number of carbonyl (C=O) groups excluding carboxylic acids is 1. The molecule has 1 amide bonds. The number of halogens is 2. The number of hydrogen-bond donors (Lipinski definition) is 1. The van der Waals surface area contributed by atoms with E-state index in [2.05, 4.69) is 10.3 Å². The minimum atomic E-state index is -0.914. The first kappa shape index (κ1) is 21.9. The lowest BCUT2D eigenvalue weighted by Crippen LogP contribution is -2.48. The third-order valence-corrected chi connectivity index (χ3v) is 7.54. The molecular formula is C25H21ClFN3O2S. The van der Waals surface area contributed by atoms with Crippen LogP contribution in [0.5, 0.6) is 5.88 Å². The van der Waals surface area contributed by atoms with Gasteiger partial charge in [-0.25, -0.2) is 14.4 Å². The van der Waals surface area contributed by atoms with Gasteiger partial charge in [-0.1, -0.05) is 47.6 Å². The quantitative estimate of drug-likeness (QED) is 0.570. The second-order valence-electron chi connectivity index (χ2n) is 8.13. The lowest BCUT2D eigenvalue weighted by atomic mass is 9.67. The zero-order valence-corrected chi connectivity index (χ0v) is 19.4. The van der Waals surface area contributed by atoms with Crippen LogP contribution >= 0.6 is 23.4 Å². The second-order valence-corrected chi connectivity index (χ2v) is 9.58. The summed E-state index contributed by atoms with van der Waals surface area (Å²) >= 11 is 7.54. The van der Waals surface area contributed by atoms with Crippen LogP contribution in [0.1, 0.15) is 27.0 Å². The highest BCUT2D eigenvalue weighted by Crippen LogP contribution is 2.50. The van der Waals surface area contributed by atoms with Gasteiger partial charge in [0.05, 0.1) is 12.6 Å². The highest BCUT2D eigenvalue weighted by molar-refractivity contribution is 8.13. The van der Waals surface area contributed by atoms with Gasteiger partial charge in [0, 0.05) is 46.0 Å². The van der Waals surface area contributed by atoms with E-state index in [0.29, 0.717) is 45.8 Å². The molecule has 1 aliphatic heterocycles. The van der Waals surface area contributed by atoms with Crippen molar-refractivity contribution >= 4 is 34.4 Å². The number of pyridine rings is 1.